The standard InChI is InChI=1S/C19H20ClF3N2O3S/c1-4-17(25(29(3,27)28)14-8-5-12(2)6-9-14)18(26)24-16-11-13(19(21,22)23)7-10-15(16)20/h5-11,17H,4H2,1-3H3,(H,24,26)/t17-/m1/s1. The van der Waals surface area contributed by atoms with Crippen molar-refractivity contribution in [2.24, 2.45) is 0 Å². The number of anilines is 2. The van der Waals surface area contributed by atoms with E-state index < -0.39 is 33.7 Å². The second-order valence-corrected chi connectivity index (χ2v) is 8.77. The van der Waals surface area contributed by atoms with Crippen molar-refractivity contribution in [1.29, 1.82) is 0 Å². The number of carbonyl (C=O) groups is 1. The van der Waals surface area contributed by atoms with Gasteiger partial charge in [0.2, 0.25) is 15.9 Å². The van der Waals surface area contributed by atoms with Crippen LogP contribution in [0.25, 0.3) is 0 Å². The summed E-state index contributed by atoms with van der Waals surface area (Å²) >= 11 is 5.93. The molecular formula is C19H20ClF3N2O3S. The zero-order valence-corrected chi connectivity index (χ0v) is 17.5. The van der Waals surface area contributed by atoms with Crippen molar-refractivity contribution in [1.82, 2.24) is 0 Å². The van der Waals surface area contributed by atoms with E-state index in [-0.39, 0.29) is 22.8 Å². The van der Waals surface area contributed by atoms with Crippen molar-refractivity contribution in [2.45, 2.75) is 32.5 Å². The molecule has 0 heterocycles. The first-order valence-corrected chi connectivity index (χ1v) is 10.8. The average molecular weight is 449 g/mol. The van der Waals surface area contributed by atoms with Gasteiger partial charge >= 0.3 is 6.18 Å². The summed E-state index contributed by atoms with van der Waals surface area (Å²) in [6.45, 7) is 3.43. The van der Waals surface area contributed by atoms with Crippen LogP contribution >= 0.6 is 11.6 Å². The van der Waals surface area contributed by atoms with Gasteiger partial charge in [-0.3, -0.25) is 9.10 Å². The van der Waals surface area contributed by atoms with Crippen LogP contribution in [0, 0.1) is 6.92 Å². The van der Waals surface area contributed by atoms with E-state index in [1.807, 2.05) is 6.92 Å². The van der Waals surface area contributed by atoms with Crippen LogP contribution in [0.2, 0.25) is 5.02 Å². The minimum absolute atomic E-state index is 0.0867. The van der Waals surface area contributed by atoms with Gasteiger partial charge in [-0.25, -0.2) is 8.42 Å². The molecule has 1 N–H and O–H groups in total. The molecule has 0 saturated carbocycles. The lowest BCUT2D eigenvalue weighted by Gasteiger charge is -2.30. The van der Waals surface area contributed by atoms with E-state index in [1.54, 1.807) is 31.2 Å². The van der Waals surface area contributed by atoms with E-state index in [2.05, 4.69) is 5.32 Å². The molecule has 0 aliphatic rings. The molecule has 0 aliphatic heterocycles. The summed E-state index contributed by atoms with van der Waals surface area (Å²) in [6.07, 6.45) is -3.57. The van der Waals surface area contributed by atoms with E-state index in [1.165, 1.54) is 0 Å². The van der Waals surface area contributed by atoms with Crippen LogP contribution in [0.4, 0.5) is 24.5 Å². The smallest absolute Gasteiger partial charge is 0.323 e. The van der Waals surface area contributed by atoms with Crippen molar-refractivity contribution in [3.63, 3.8) is 0 Å². The highest BCUT2D eigenvalue weighted by Gasteiger charge is 2.33. The average Bonchev–Trinajstić information content (AvgIpc) is 2.60. The summed E-state index contributed by atoms with van der Waals surface area (Å²) in [5.41, 5.74) is -0.0586. The minimum atomic E-state index is -4.62. The molecule has 0 bridgehead atoms. The molecule has 1 amide bonds. The van der Waals surface area contributed by atoms with E-state index in [4.69, 9.17) is 11.6 Å². The van der Waals surface area contributed by atoms with Gasteiger partial charge in [0.25, 0.3) is 0 Å². The van der Waals surface area contributed by atoms with Crippen LogP contribution in [0.15, 0.2) is 42.5 Å². The number of nitrogens with zero attached hydrogens (tertiary/aromatic N) is 1. The number of aryl methyl sites for hydroxylation is 1. The molecule has 2 rings (SSSR count). The maximum absolute atomic E-state index is 13.0. The fraction of sp³-hybridized carbons (Fsp3) is 0.316. The Morgan fingerprint density at radius 3 is 2.24 bits per heavy atom. The van der Waals surface area contributed by atoms with Gasteiger partial charge in [-0.1, -0.05) is 36.2 Å². The molecule has 5 nitrogen and oxygen atoms in total. The maximum Gasteiger partial charge on any atom is 0.416 e. The Bertz CT molecular complexity index is 993. The lowest BCUT2D eigenvalue weighted by Crippen LogP contribution is -2.47. The van der Waals surface area contributed by atoms with Crippen LogP contribution in [0.3, 0.4) is 0 Å². The van der Waals surface area contributed by atoms with Crippen molar-refractivity contribution in [3.05, 3.63) is 58.6 Å². The molecule has 0 fully saturated rings. The van der Waals surface area contributed by atoms with Gasteiger partial charge in [0.1, 0.15) is 6.04 Å². The normalized spacial score (nSPS) is 13.1. The van der Waals surface area contributed by atoms with Crippen LogP contribution in [0.5, 0.6) is 0 Å². The minimum Gasteiger partial charge on any atom is -0.323 e. The first-order chi connectivity index (χ1) is 13.3. The third kappa shape index (κ3) is 5.63. The molecule has 2 aromatic rings. The molecule has 0 radical (unpaired) electrons. The van der Waals surface area contributed by atoms with Crippen LogP contribution < -0.4 is 9.62 Å². The summed E-state index contributed by atoms with van der Waals surface area (Å²) in [5.74, 6) is -0.792. The van der Waals surface area contributed by atoms with E-state index in [0.29, 0.717) is 6.07 Å². The SMILES string of the molecule is CC[C@H](C(=O)Nc1cc(C(F)(F)F)ccc1Cl)N(c1ccc(C)cc1)S(C)(=O)=O. The highest BCUT2D eigenvalue weighted by atomic mass is 35.5. The van der Waals surface area contributed by atoms with Crippen LogP contribution in [0.1, 0.15) is 24.5 Å². The Labute approximate surface area is 172 Å². The molecule has 0 saturated heterocycles. The number of benzene rings is 2. The van der Waals surface area contributed by atoms with Gasteiger partial charge in [0, 0.05) is 0 Å². The molecule has 29 heavy (non-hydrogen) atoms. The first kappa shape index (κ1) is 23.0. The summed E-state index contributed by atoms with van der Waals surface area (Å²) in [6, 6.07) is 7.86. The highest BCUT2D eigenvalue weighted by molar-refractivity contribution is 7.92. The Morgan fingerprint density at radius 2 is 1.76 bits per heavy atom. The van der Waals surface area contributed by atoms with Gasteiger partial charge in [0.15, 0.2) is 0 Å². The quantitative estimate of drug-likeness (QED) is 0.687. The molecule has 0 unspecified atom stereocenters. The van der Waals surface area contributed by atoms with Crippen molar-refractivity contribution < 1.29 is 26.4 Å². The van der Waals surface area contributed by atoms with Gasteiger partial charge < -0.3 is 5.32 Å². The first-order valence-electron chi connectivity index (χ1n) is 8.58. The van der Waals surface area contributed by atoms with Crippen LogP contribution in [-0.4, -0.2) is 26.6 Å². The largest absolute Gasteiger partial charge is 0.416 e. The fourth-order valence-electron chi connectivity index (χ4n) is 2.77. The number of sulfonamides is 1. The molecule has 158 valence electrons. The molecule has 0 spiro atoms. The zero-order valence-electron chi connectivity index (χ0n) is 15.9. The zero-order chi connectivity index (χ0) is 22.0. The third-order valence-corrected chi connectivity index (χ3v) is 5.68. The summed E-state index contributed by atoms with van der Waals surface area (Å²) in [7, 11) is -3.86. The Hall–Kier alpha value is -2.26. The van der Waals surface area contributed by atoms with Gasteiger partial charge in [-0.05, 0) is 43.7 Å². The number of nitrogens with one attached hydrogen (secondary N) is 1. The predicted octanol–water partition coefficient (Wildman–Crippen LogP) is 4.85. The van der Waals surface area contributed by atoms with Crippen molar-refractivity contribution >= 4 is 38.9 Å². The summed E-state index contributed by atoms with van der Waals surface area (Å²) in [5, 5.41) is 2.24. The van der Waals surface area contributed by atoms with Gasteiger partial charge in [-0.15, -0.1) is 0 Å². The highest BCUT2D eigenvalue weighted by Crippen LogP contribution is 2.34. The molecule has 1 atom stereocenters. The molecule has 10 heteroatoms. The van der Waals surface area contributed by atoms with Gasteiger partial charge in [0.05, 0.1) is 28.2 Å². The number of rotatable bonds is 6. The lowest BCUT2D eigenvalue weighted by molar-refractivity contribution is -0.137. The predicted molar refractivity (Wildman–Crippen MR) is 108 cm³/mol. The summed E-state index contributed by atoms with van der Waals surface area (Å²) in [4.78, 5) is 12.8. The van der Waals surface area contributed by atoms with E-state index in [9.17, 15) is 26.4 Å². The number of alkyl halides is 3. The fourth-order valence-corrected chi connectivity index (χ4v) is 4.14. The molecular weight excluding hydrogens is 429 g/mol. The number of halogens is 4. The van der Waals surface area contributed by atoms with E-state index in [0.717, 1.165) is 28.3 Å². The third-order valence-electron chi connectivity index (χ3n) is 4.17. The topological polar surface area (TPSA) is 66.5 Å². The number of hydrogen-bond donors (Lipinski definition) is 1. The second-order valence-electron chi connectivity index (χ2n) is 6.50. The lowest BCUT2D eigenvalue weighted by atomic mass is 10.1. The van der Waals surface area contributed by atoms with Gasteiger partial charge in [-0.2, -0.15) is 13.2 Å². The maximum atomic E-state index is 13.0. The number of hydrogen-bond acceptors (Lipinski definition) is 3. The molecule has 2 aromatic carbocycles. The second kappa shape index (κ2) is 8.62. The van der Waals surface area contributed by atoms with Crippen molar-refractivity contribution in [3.8, 4) is 0 Å². The van der Waals surface area contributed by atoms with Crippen LogP contribution in [-0.2, 0) is 21.0 Å². The Morgan fingerprint density at radius 1 is 1.17 bits per heavy atom. The molecule has 0 aromatic heterocycles. The van der Waals surface area contributed by atoms with E-state index >= 15 is 0 Å². The summed E-state index contributed by atoms with van der Waals surface area (Å²) < 4.78 is 64.6. The number of amides is 1. The Kier molecular flexibility index (Phi) is 6.85. The Balaban J connectivity index is 2.42. The monoisotopic (exact) mass is 448 g/mol. The molecule has 0 aliphatic carbocycles. The van der Waals surface area contributed by atoms with Crippen molar-refractivity contribution in [2.75, 3.05) is 15.9 Å². The number of carbonyl (C=O) groups excluding carboxylic acids is 1.